The van der Waals surface area contributed by atoms with Gasteiger partial charge >= 0.3 is 0 Å². The van der Waals surface area contributed by atoms with Gasteiger partial charge in [-0.3, -0.25) is 0 Å². The Labute approximate surface area is 137 Å². The number of fused-ring (bicyclic) bond motifs is 1. The van der Waals surface area contributed by atoms with E-state index in [1.165, 1.54) is 5.57 Å². The molecule has 0 saturated heterocycles. The van der Waals surface area contributed by atoms with Crippen LogP contribution in [0, 0.1) is 0 Å². The van der Waals surface area contributed by atoms with Gasteiger partial charge in [-0.2, -0.15) is 0 Å². The van der Waals surface area contributed by atoms with E-state index in [4.69, 9.17) is 10.5 Å². The first-order chi connectivity index (χ1) is 9.16. The van der Waals surface area contributed by atoms with Crippen LogP contribution in [-0.4, -0.2) is 19.1 Å². The minimum absolute atomic E-state index is 0. The number of ether oxygens (including phenoxy) is 1. The van der Waals surface area contributed by atoms with Crippen molar-refractivity contribution in [3.05, 3.63) is 41.5 Å². The Bertz CT molecular complexity index is 496. The Morgan fingerprint density at radius 2 is 2.20 bits per heavy atom. The Morgan fingerprint density at radius 1 is 1.45 bits per heavy atom. The van der Waals surface area contributed by atoms with Gasteiger partial charge in [0.2, 0.25) is 0 Å². The molecule has 1 aliphatic heterocycles. The number of guanidine groups is 1. The molecule has 0 amide bonds. The zero-order valence-electron chi connectivity index (χ0n) is 11.9. The SMILES string of the molecule is CC(C)=CCN=C(N)NC1CCOc2ccccc21.I. The van der Waals surface area contributed by atoms with Crippen LogP contribution in [0.15, 0.2) is 40.9 Å². The summed E-state index contributed by atoms with van der Waals surface area (Å²) >= 11 is 0. The van der Waals surface area contributed by atoms with E-state index in [0.29, 0.717) is 19.1 Å². The molecule has 0 spiro atoms. The van der Waals surface area contributed by atoms with Crippen LogP contribution in [0.3, 0.4) is 0 Å². The Kier molecular flexibility index (Phi) is 6.84. The second-order valence-corrected chi connectivity index (χ2v) is 4.88. The summed E-state index contributed by atoms with van der Waals surface area (Å²) in [6.45, 7) is 5.42. The molecule has 3 N–H and O–H groups in total. The standard InChI is InChI=1S/C15H21N3O.HI/c1-11(2)7-9-17-15(16)18-13-8-10-19-14-6-4-3-5-12(13)14;/h3-7,13H,8-10H2,1-2H3,(H3,16,17,18);1H. The Hall–Kier alpha value is -1.24. The van der Waals surface area contributed by atoms with Crippen LogP contribution in [0.2, 0.25) is 0 Å². The third-order valence-electron chi connectivity index (χ3n) is 3.04. The van der Waals surface area contributed by atoms with Gasteiger partial charge in [-0.15, -0.1) is 24.0 Å². The zero-order chi connectivity index (χ0) is 13.7. The van der Waals surface area contributed by atoms with E-state index in [-0.39, 0.29) is 30.0 Å². The van der Waals surface area contributed by atoms with Gasteiger partial charge in [0.1, 0.15) is 5.75 Å². The zero-order valence-corrected chi connectivity index (χ0v) is 14.3. The average Bonchev–Trinajstić information content (AvgIpc) is 2.39. The minimum atomic E-state index is 0. The fraction of sp³-hybridized carbons (Fsp3) is 0.400. The van der Waals surface area contributed by atoms with Gasteiger partial charge in [-0.1, -0.05) is 29.8 Å². The van der Waals surface area contributed by atoms with Crippen molar-refractivity contribution in [2.75, 3.05) is 13.2 Å². The fourth-order valence-corrected chi connectivity index (χ4v) is 2.04. The minimum Gasteiger partial charge on any atom is -0.493 e. The van der Waals surface area contributed by atoms with Crippen LogP contribution in [0.5, 0.6) is 5.75 Å². The number of nitrogens with one attached hydrogen (secondary N) is 1. The number of halogens is 1. The monoisotopic (exact) mass is 387 g/mol. The van der Waals surface area contributed by atoms with Crippen LogP contribution in [0.1, 0.15) is 31.9 Å². The molecule has 1 heterocycles. The molecule has 1 atom stereocenters. The van der Waals surface area contributed by atoms with E-state index >= 15 is 0 Å². The highest BCUT2D eigenvalue weighted by Crippen LogP contribution is 2.31. The molecule has 1 aromatic carbocycles. The first kappa shape index (κ1) is 16.8. The summed E-state index contributed by atoms with van der Waals surface area (Å²) in [5.41, 5.74) is 8.31. The first-order valence-electron chi connectivity index (χ1n) is 6.58. The summed E-state index contributed by atoms with van der Waals surface area (Å²) in [6, 6.07) is 8.22. The second kappa shape index (κ2) is 8.14. The normalized spacial score (nSPS) is 17.3. The van der Waals surface area contributed by atoms with Crippen LogP contribution >= 0.6 is 24.0 Å². The Morgan fingerprint density at radius 3 is 2.95 bits per heavy atom. The second-order valence-electron chi connectivity index (χ2n) is 4.88. The molecule has 1 unspecified atom stereocenters. The van der Waals surface area contributed by atoms with Gasteiger partial charge < -0.3 is 15.8 Å². The molecule has 20 heavy (non-hydrogen) atoms. The summed E-state index contributed by atoms with van der Waals surface area (Å²) < 4.78 is 5.62. The largest absolute Gasteiger partial charge is 0.493 e. The number of rotatable bonds is 3. The molecule has 1 aliphatic rings. The van der Waals surface area contributed by atoms with Gasteiger partial charge in [0.05, 0.1) is 19.2 Å². The number of hydrogen-bond donors (Lipinski definition) is 2. The summed E-state index contributed by atoms with van der Waals surface area (Å²) in [5.74, 6) is 1.42. The van der Waals surface area contributed by atoms with Gasteiger partial charge in [0.15, 0.2) is 5.96 Å². The summed E-state index contributed by atoms with van der Waals surface area (Å²) in [5, 5.41) is 3.27. The van der Waals surface area contributed by atoms with E-state index in [2.05, 4.69) is 16.4 Å². The van der Waals surface area contributed by atoms with Gasteiger partial charge in [-0.05, 0) is 19.9 Å². The quantitative estimate of drug-likeness (QED) is 0.363. The van der Waals surface area contributed by atoms with Crippen molar-refractivity contribution < 1.29 is 4.74 Å². The fourth-order valence-electron chi connectivity index (χ4n) is 2.04. The average molecular weight is 387 g/mol. The number of aliphatic imine (C=N–C) groups is 1. The molecule has 0 radical (unpaired) electrons. The van der Waals surface area contributed by atoms with Crippen molar-refractivity contribution in [2.45, 2.75) is 26.3 Å². The predicted octanol–water partition coefficient (Wildman–Crippen LogP) is 3.00. The molecular formula is C15H22IN3O. The summed E-state index contributed by atoms with van der Waals surface area (Å²) in [4.78, 5) is 4.30. The lowest BCUT2D eigenvalue weighted by molar-refractivity contribution is 0.262. The third kappa shape index (κ3) is 4.70. The third-order valence-corrected chi connectivity index (χ3v) is 3.04. The maximum Gasteiger partial charge on any atom is 0.189 e. The molecule has 5 heteroatoms. The van der Waals surface area contributed by atoms with E-state index in [1.54, 1.807) is 0 Å². The lowest BCUT2D eigenvalue weighted by Gasteiger charge is -2.26. The first-order valence-corrected chi connectivity index (χ1v) is 6.58. The van der Waals surface area contributed by atoms with Crippen LogP contribution in [-0.2, 0) is 0 Å². The predicted molar refractivity (Wildman–Crippen MR) is 93.8 cm³/mol. The number of benzene rings is 1. The number of nitrogens with two attached hydrogens (primary N) is 1. The lowest BCUT2D eigenvalue weighted by Crippen LogP contribution is -2.37. The molecule has 0 aromatic heterocycles. The highest BCUT2D eigenvalue weighted by Gasteiger charge is 2.20. The molecule has 0 aliphatic carbocycles. The maximum atomic E-state index is 5.92. The molecular weight excluding hydrogens is 365 g/mol. The summed E-state index contributed by atoms with van der Waals surface area (Å²) in [6.07, 6.45) is 2.95. The maximum absolute atomic E-state index is 5.92. The number of allylic oxidation sites excluding steroid dienone is 1. The number of nitrogens with zero attached hydrogens (tertiary/aromatic N) is 1. The van der Waals surface area contributed by atoms with Crippen molar-refractivity contribution in [3.63, 3.8) is 0 Å². The van der Waals surface area contributed by atoms with Gasteiger partial charge in [0, 0.05) is 12.0 Å². The Balaban J connectivity index is 0.00000200. The molecule has 0 saturated carbocycles. The number of para-hydroxylation sites is 1. The van der Waals surface area contributed by atoms with Crippen LogP contribution < -0.4 is 15.8 Å². The van der Waals surface area contributed by atoms with Crippen molar-refractivity contribution in [2.24, 2.45) is 10.7 Å². The molecule has 2 rings (SSSR count). The smallest absolute Gasteiger partial charge is 0.189 e. The van der Waals surface area contributed by atoms with E-state index in [1.807, 2.05) is 38.1 Å². The van der Waals surface area contributed by atoms with Crippen molar-refractivity contribution >= 4 is 29.9 Å². The molecule has 4 nitrogen and oxygen atoms in total. The molecule has 0 fully saturated rings. The molecule has 0 bridgehead atoms. The van der Waals surface area contributed by atoms with E-state index in [0.717, 1.165) is 17.7 Å². The van der Waals surface area contributed by atoms with Gasteiger partial charge in [-0.25, -0.2) is 4.99 Å². The van der Waals surface area contributed by atoms with Crippen LogP contribution in [0.25, 0.3) is 0 Å². The van der Waals surface area contributed by atoms with E-state index in [9.17, 15) is 0 Å². The van der Waals surface area contributed by atoms with Crippen molar-refractivity contribution in [1.29, 1.82) is 0 Å². The molecule has 110 valence electrons. The van der Waals surface area contributed by atoms with Crippen LogP contribution in [0.4, 0.5) is 0 Å². The topological polar surface area (TPSA) is 59.6 Å². The van der Waals surface area contributed by atoms with Gasteiger partial charge in [0.25, 0.3) is 0 Å². The highest BCUT2D eigenvalue weighted by molar-refractivity contribution is 14.0. The summed E-state index contributed by atoms with van der Waals surface area (Å²) in [7, 11) is 0. The highest BCUT2D eigenvalue weighted by atomic mass is 127. The van der Waals surface area contributed by atoms with E-state index < -0.39 is 0 Å². The molecule has 1 aromatic rings. The number of hydrogen-bond acceptors (Lipinski definition) is 2. The van der Waals surface area contributed by atoms with Crippen molar-refractivity contribution in [3.8, 4) is 5.75 Å². The lowest BCUT2D eigenvalue weighted by atomic mass is 10.0. The van der Waals surface area contributed by atoms with Crippen molar-refractivity contribution in [1.82, 2.24) is 5.32 Å².